The summed E-state index contributed by atoms with van der Waals surface area (Å²) in [7, 11) is 1.68. The van der Waals surface area contributed by atoms with Crippen molar-refractivity contribution in [2.75, 3.05) is 39.9 Å². The highest BCUT2D eigenvalue weighted by molar-refractivity contribution is 5.83. The summed E-state index contributed by atoms with van der Waals surface area (Å²) in [6.07, 6.45) is 6.25. The van der Waals surface area contributed by atoms with Gasteiger partial charge in [0, 0.05) is 20.2 Å². The maximum atomic E-state index is 13.3. The Kier molecular flexibility index (Phi) is 9.97. The zero-order chi connectivity index (χ0) is 25.9. The number of rotatable bonds is 6. The standard InChI is InChI=1S/C30H41N3O4/c1-36-23-26-12-3-2-11-25(26)21-32-28(34)22-33-18-15-30(16-19-33)14-7-6-10-24-9-4-5-13-27(24)37-20-8-17-31-29(30)35/h2-5,9,11-13H,6-8,10,14-23H2,1H3,(H,31,35)(H,32,34). The van der Waals surface area contributed by atoms with Crippen LogP contribution in [0.25, 0.3) is 0 Å². The van der Waals surface area contributed by atoms with E-state index in [4.69, 9.17) is 9.47 Å². The van der Waals surface area contributed by atoms with Crippen LogP contribution in [-0.2, 0) is 33.9 Å². The van der Waals surface area contributed by atoms with Crippen molar-refractivity contribution in [1.82, 2.24) is 15.5 Å². The van der Waals surface area contributed by atoms with E-state index in [9.17, 15) is 9.59 Å². The number of hydrogen-bond donors (Lipinski definition) is 2. The lowest BCUT2D eigenvalue weighted by molar-refractivity contribution is -0.135. The number of carbonyl (C=O) groups excluding carboxylic acids is 2. The van der Waals surface area contributed by atoms with Crippen molar-refractivity contribution in [3.8, 4) is 5.75 Å². The van der Waals surface area contributed by atoms with E-state index in [-0.39, 0.29) is 17.2 Å². The third-order valence-electron chi connectivity index (χ3n) is 7.74. The number of carbonyl (C=O) groups is 2. The van der Waals surface area contributed by atoms with Gasteiger partial charge in [-0.05, 0) is 74.4 Å². The molecule has 2 N–H and O–H groups in total. The molecule has 2 aliphatic heterocycles. The minimum Gasteiger partial charge on any atom is -0.493 e. The maximum Gasteiger partial charge on any atom is 0.234 e. The van der Waals surface area contributed by atoms with E-state index >= 15 is 0 Å². The highest BCUT2D eigenvalue weighted by Crippen LogP contribution is 2.37. The summed E-state index contributed by atoms with van der Waals surface area (Å²) in [6, 6.07) is 16.3. The summed E-state index contributed by atoms with van der Waals surface area (Å²) in [5.74, 6) is 1.15. The molecule has 2 amide bonds. The number of likely N-dealkylation sites (tertiary alicyclic amines) is 1. The Hall–Kier alpha value is -2.90. The third-order valence-corrected chi connectivity index (χ3v) is 7.74. The van der Waals surface area contributed by atoms with Crippen LogP contribution >= 0.6 is 0 Å². The molecule has 2 aromatic rings. The molecule has 0 radical (unpaired) electrons. The first-order chi connectivity index (χ1) is 18.1. The highest BCUT2D eigenvalue weighted by Gasteiger charge is 2.40. The van der Waals surface area contributed by atoms with E-state index in [2.05, 4.69) is 27.7 Å². The Morgan fingerprint density at radius 3 is 2.59 bits per heavy atom. The summed E-state index contributed by atoms with van der Waals surface area (Å²) >= 11 is 0. The predicted molar refractivity (Wildman–Crippen MR) is 144 cm³/mol. The molecule has 37 heavy (non-hydrogen) atoms. The lowest BCUT2D eigenvalue weighted by atomic mass is 9.73. The first-order valence-corrected chi connectivity index (χ1v) is 13.6. The van der Waals surface area contributed by atoms with Crippen LogP contribution in [0.15, 0.2) is 48.5 Å². The van der Waals surface area contributed by atoms with Crippen molar-refractivity contribution in [2.24, 2.45) is 5.41 Å². The van der Waals surface area contributed by atoms with Crippen molar-refractivity contribution in [2.45, 2.75) is 58.1 Å². The Morgan fingerprint density at radius 2 is 1.78 bits per heavy atom. The van der Waals surface area contributed by atoms with Gasteiger partial charge in [0.15, 0.2) is 0 Å². The minimum atomic E-state index is -0.347. The number of para-hydroxylation sites is 1. The van der Waals surface area contributed by atoms with Gasteiger partial charge in [-0.1, -0.05) is 48.9 Å². The van der Waals surface area contributed by atoms with E-state index in [1.807, 2.05) is 36.4 Å². The van der Waals surface area contributed by atoms with Crippen molar-refractivity contribution < 1.29 is 19.1 Å². The molecule has 0 unspecified atom stereocenters. The molecule has 0 bridgehead atoms. The topological polar surface area (TPSA) is 79.9 Å². The number of methoxy groups -OCH3 is 1. The first-order valence-electron chi connectivity index (χ1n) is 13.6. The number of nitrogens with zero attached hydrogens (tertiary/aromatic N) is 1. The van der Waals surface area contributed by atoms with Gasteiger partial charge >= 0.3 is 0 Å². The van der Waals surface area contributed by atoms with Crippen molar-refractivity contribution in [3.05, 3.63) is 65.2 Å². The second-order valence-electron chi connectivity index (χ2n) is 10.3. The summed E-state index contributed by atoms with van der Waals surface area (Å²) in [5.41, 5.74) is 3.06. The van der Waals surface area contributed by atoms with E-state index in [0.717, 1.165) is 74.9 Å². The zero-order valence-corrected chi connectivity index (χ0v) is 22.1. The Morgan fingerprint density at radius 1 is 1.03 bits per heavy atom. The van der Waals surface area contributed by atoms with Crippen LogP contribution in [-0.4, -0.2) is 56.6 Å². The number of nitrogens with one attached hydrogen (secondary N) is 2. The summed E-state index contributed by atoms with van der Waals surface area (Å²) < 4.78 is 11.3. The number of aryl methyl sites for hydroxylation is 1. The Labute approximate surface area is 220 Å². The fraction of sp³-hybridized carbons (Fsp3) is 0.533. The summed E-state index contributed by atoms with van der Waals surface area (Å²) in [5, 5.41) is 6.25. The fourth-order valence-electron chi connectivity index (χ4n) is 5.48. The largest absolute Gasteiger partial charge is 0.493 e. The lowest BCUT2D eigenvalue weighted by Crippen LogP contribution is -2.50. The molecule has 7 nitrogen and oxygen atoms in total. The third kappa shape index (κ3) is 7.55. The second kappa shape index (κ2) is 13.6. The predicted octanol–water partition coefficient (Wildman–Crippen LogP) is 3.84. The summed E-state index contributed by atoms with van der Waals surface area (Å²) in [4.78, 5) is 28.2. The van der Waals surface area contributed by atoms with Crippen LogP contribution in [0.1, 0.15) is 55.2 Å². The van der Waals surface area contributed by atoms with Crippen LogP contribution in [0.5, 0.6) is 5.75 Å². The van der Waals surface area contributed by atoms with Crippen molar-refractivity contribution >= 4 is 11.8 Å². The van der Waals surface area contributed by atoms with Gasteiger partial charge in [-0.3, -0.25) is 14.5 Å². The van der Waals surface area contributed by atoms with Crippen molar-refractivity contribution in [1.29, 1.82) is 0 Å². The van der Waals surface area contributed by atoms with Crippen LogP contribution < -0.4 is 15.4 Å². The molecule has 0 aromatic heterocycles. The lowest BCUT2D eigenvalue weighted by Gasteiger charge is -2.40. The minimum absolute atomic E-state index is 0.0150. The Balaban J connectivity index is 1.29. The molecule has 1 fully saturated rings. The van der Waals surface area contributed by atoms with Gasteiger partial charge < -0.3 is 20.1 Å². The molecular formula is C30H41N3O4. The SMILES string of the molecule is COCc1ccccc1CNC(=O)CN1CCC2(CCCCc3ccccc3OCCCNC2=O)CC1. The number of hydrogen-bond acceptors (Lipinski definition) is 5. The van der Waals surface area contributed by atoms with Gasteiger partial charge in [0.1, 0.15) is 5.75 Å². The van der Waals surface area contributed by atoms with Gasteiger partial charge in [-0.2, -0.15) is 0 Å². The van der Waals surface area contributed by atoms with Crippen LogP contribution in [0.4, 0.5) is 0 Å². The quantitative estimate of drug-likeness (QED) is 0.621. The van der Waals surface area contributed by atoms with Crippen LogP contribution in [0.2, 0.25) is 0 Å². The number of ether oxygens (including phenoxy) is 2. The van der Waals surface area contributed by atoms with Gasteiger partial charge in [-0.25, -0.2) is 0 Å². The molecule has 2 aromatic carbocycles. The van der Waals surface area contributed by atoms with E-state index in [1.165, 1.54) is 5.56 Å². The van der Waals surface area contributed by atoms with E-state index in [0.29, 0.717) is 32.8 Å². The fourth-order valence-corrected chi connectivity index (χ4v) is 5.48. The molecule has 0 saturated carbocycles. The van der Waals surface area contributed by atoms with Crippen LogP contribution in [0, 0.1) is 5.41 Å². The molecule has 2 aliphatic rings. The Bertz CT molecular complexity index is 1030. The van der Waals surface area contributed by atoms with Crippen LogP contribution in [0.3, 0.4) is 0 Å². The normalized spacial score (nSPS) is 18.9. The van der Waals surface area contributed by atoms with E-state index < -0.39 is 0 Å². The first kappa shape index (κ1) is 27.1. The number of benzene rings is 2. The number of piperidine rings is 1. The average Bonchev–Trinajstić information content (AvgIpc) is 2.93. The number of fused-ring (bicyclic) bond motifs is 1. The maximum absolute atomic E-state index is 13.3. The molecule has 2 heterocycles. The molecule has 0 atom stereocenters. The smallest absolute Gasteiger partial charge is 0.234 e. The zero-order valence-electron chi connectivity index (χ0n) is 22.1. The molecule has 200 valence electrons. The molecule has 4 rings (SSSR count). The van der Waals surface area contributed by atoms with Crippen molar-refractivity contribution in [3.63, 3.8) is 0 Å². The second-order valence-corrected chi connectivity index (χ2v) is 10.3. The average molecular weight is 508 g/mol. The number of amides is 2. The monoisotopic (exact) mass is 507 g/mol. The molecule has 1 spiro atoms. The molecule has 0 aliphatic carbocycles. The van der Waals surface area contributed by atoms with E-state index in [1.54, 1.807) is 7.11 Å². The van der Waals surface area contributed by atoms with Gasteiger partial charge in [0.05, 0.1) is 25.2 Å². The van der Waals surface area contributed by atoms with Gasteiger partial charge in [-0.15, -0.1) is 0 Å². The highest BCUT2D eigenvalue weighted by atomic mass is 16.5. The van der Waals surface area contributed by atoms with Gasteiger partial charge in [0.25, 0.3) is 0 Å². The molecule has 1 saturated heterocycles. The summed E-state index contributed by atoms with van der Waals surface area (Å²) in [6.45, 7) is 4.12. The molecule has 7 heteroatoms. The van der Waals surface area contributed by atoms with Gasteiger partial charge in [0.2, 0.25) is 11.8 Å². The molecular weight excluding hydrogens is 466 g/mol.